The summed E-state index contributed by atoms with van der Waals surface area (Å²) in [5.74, 6) is 1.34. The van der Waals surface area contributed by atoms with Crippen LogP contribution in [0.3, 0.4) is 0 Å². The number of carbonyl (C=O) groups is 1. The molecule has 0 unspecified atom stereocenters. The van der Waals surface area contributed by atoms with Crippen molar-refractivity contribution in [2.75, 3.05) is 30.7 Å². The average Bonchev–Trinajstić information content (AvgIpc) is 2.65. The standard InChI is InChI=1S/C22H29N3O2.CH4/c1-16(2)15-25-13-11-19(12-14-25)27-18-9-7-17(8-10-18)22(26)24-21-6-4-3-5-20(21)23;/h3-10,16,19H,11-15,23H2,1-2H3,(H,24,26);1H4. The molecule has 5 heteroatoms. The minimum Gasteiger partial charge on any atom is -0.490 e. The van der Waals surface area contributed by atoms with E-state index in [0.29, 0.717) is 22.9 Å². The van der Waals surface area contributed by atoms with Crippen LogP contribution in [0.4, 0.5) is 11.4 Å². The number of nitrogens with two attached hydrogens (primary N) is 1. The number of amides is 1. The van der Waals surface area contributed by atoms with Gasteiger partial charge in [-0.05, 0) is 55.2 Å². The third-order valence-electron chi connectivity index (χ3n) is 4.79. The van der Waals surface area contributed by atoms with Crippen molar-refractivity contribution in [2.24, 2.45) is 5.92 Å². The van der Waals surface area contributed by atoms with E-state index in [4.69, 9.17) is 10.5 Å². The minimum absolute atomic E-state index is 0. The SMILES string of the molecule is C.CC(C)CN1CCC(Oc2ccc(C(=O)Nc3ccccc3N)cc2)CC1. The van der Waals surface area contributed by atoms with Crippen LogP contribution in [0.1, 0.15) is 44.5 Å². The van der Waals surface area contributed by atoms with Crippen LogP contribution in [-0.2, 0) is 0 Å². The van der Waals surface area contributed by atoms with E-state index in [1.165, 1.54) is 0 Å². The van der Waals surface area contributed by atoms with Crippen molar-refractivity contribution in [1.82, 2.24) is 4.90 Å². The third kappa shape index (κ3) is 5.99. The third-order valence-corrected chi connectivity index (χ3v) is 4.79. The van der Waals surface area contributed by atoms with Gasteiger partial charge in [0.1, 0.15) is 11.9 Å². The topological polar surface area (TPSA) is 67.6 Å². The summed E-state index contributed by atoms with van der Waals surface area (Å²) in [6, 6.07) is 14.5. The highest BCUT2D eigenvalue weighted by molar-refractivity contribution is 6.05. The Labute approximate surface area is 168 Å². The second kappa shape index (κ2) is 10.1. The number of nitrogens with zero attached hydrogens (tertiary/aromatic N) is 1. The van der Waals surface area contributed by atoms with Gasteiger partial charge in [-0.3, -0.25) is 4.79 Å². The maximum absolute atomic E-state index is 12.4. The van der Waals surface area contributed by atoms with Crippen LogP contribution < -0.4 is 15.8 Å². The van der Waals surface area contributed by atoms with E-state index in [9.17, 15) is 4.79 Å². The molecule has 1 fully saturated rings. The van der Waals surface area contributed by atoms with Crippen LogP contribution in [0.15, 0.2) is 48.5 Å². The Morgan fingerprint density at radius 3 is 2.39 bits per heavy atom. The Bertz CT molecular complexity index is 751. The van der Waals surface area contributed by atoms with E-state index >= 15 is 0 Å². The number of nitrogen functional groups attached to an aromatic ring is 1. The Balaban J connectivity index is 0.00000280. The summed E-state index contributed by atoms with van der Waals surface area (Å²) < 4.78 is 6.10. The number of anilines is 2. The number of hydrogen-bond acceptors (Lipinski definition) is 4. The molecule has 1 aliphatic heterocycles. The van der Waals surface area contributed by atoms with E-state index in [2.05, 4.69) is 24.1 Å². The normalized spacial score (nSPS) is 15.1. The number of nitrogens with one attached hydrogen (secondary N) is 1. The number of hydrogen-bond donors (Lipinski definition) is 2. The fourth-order valence-corrected chi connectivity index (χ4v) is 3.41. The molecular formula is C23H33N3O2. The second-order valence-electron chi connectivity index (χ2n) is 7.58. The molecule has 1 amide bonds. The van der Waals surface area contributed by atoms with Crippen LogP contribution in [-0.4, -0.2) is 36.5 Å². The van der Waals surface area contributed by atoms with Crippen molar-refractivity contribution in [3.8, 4) is 5.75 Å². The number of likely N-dealkylation sites (tertiary alicyclic amines) is 1. The van der Waals surface area contributed by atoms with Gasteiger partial charge in [-0.25, -0.2) is 0 Å². The van der Waals surface area contributed by atoms with E-state index in [1.54, 1.807) is 24.3 Å². The van der Waals surface area contributed by atoms with Gasteiger partial charge in [0.05, 0.1) is 11.4 Å². The van der Waals surface area contributed by atoms with Gasteiger partial charge in [0.2, 0.25) is 0 Å². The Kier molecular flexibility index (Phi) is 7.88. The number of carbonyl (C=O) groups excluding carboxylic acids is 1. The van der Waals surface area contributed by atoms with Crippen molar-refractivity contribution >= 4 is 17.3 Å². The zero-order valence-electron chi connectivity index (χ0n) is 16.2. The summed E-state index contributed by atoms with van der Waals surface area (Å²) in [6.45, 7) is 7.84. The first kappa shape index (κ1) is 21.8. The second-order valence-corrected chi connectivity index (χ2v) is 7.58. The van der Waals surface area contributed by atoms with Gasteiger partial charge in [0, 0.05) is 25.2 Å². The quantitative estimate of drug-likeness (QED) is 0.712. The van der Waals surface area contributed by atoms with Gasteiger partial charge < -0.3 is 20.7 Å². The number of para-hydroxylation sites is 2. The lowest BCUT2D eigenvalue weighted by Crippen LogP contribution is -2.39. The maximum atomic E-state index is 12.4. The highest BCUT2D eigenvalue weighted by atomic mass is 16.5. The molecule has 1 heterocycles. The maximum Gasteiger partial charge on any atom is 0.255 e. The molecule has 0 saturated carbocycles. The molecule has 0 bridgehead atoms. The van der Waals surface area contributed by atoms with Crippen molar-refractivity contribution in [1.29, 1.82) is 0 Å². The summed E-state index contributed by atoms with van der Waals surface area (Å²) in [5, 5.41) is 2.84. The molecule has 2 aromatic rings. The lowest BCUT2D eigenvalue weighted by Gasteiger charge is -2.33. The molecule has 28 heavy (non-hydrogen) atoms. The van der Waals surface area contributed by atoms with Gasteiger partial charge in [-0.1, -0.05) is 33.4 Å². The smallest absolute Gasteiger partial charge is 0.255 e. The van der Waals surface area contributed by atoms with Crippen molar-refractivity contribution < 1.29 is 9.53 Å². The molecule has 1 aliphatic rings. The zero-order chi connectivity index (χ0) is 19.2. The molecule has 2 aromatic carbocycles. The molecule has 3 rings (SSSR count). The average molecular weight is 384 g/mol. The Morgan fingerprint density at radius 2 is 1.79 bits per heavy atom. The number of piperidine rings is 1. The number of ether oxygens (including phenoxy) is 1. The van der Waals surface area contributed by atoms with E-state index in [-0.39, 0.29) is 19.4 Å². The first-order valence-corrected chi connectivity index (χ1v) is 9.66. The van der Waals surface area contributed by atoms with Crippen LogP contribution in [0, 0.1) is 5.92 Å². The molecule has 152 valence electrons. The summed E-state index contributed by atoms with van der Waals surface area (Å²) in [6.07, 6.45) is 2.34. The molecule has 3 N–H and O–H groups in total. The van der Waals surface area contributed by atoms with Crippen LogP contribution in [0.5, 0.6) is 5.75 Å². The van der Waals surface area contributed by atoms with E-state index in [1.807, 2.05) is 24.3 Å². The van der Waals surface area contributed by atoms with Gasteiger partial charge in [0.15, 0.2) is 0 Å². The van der Waals surface area contributed by atoms with Gasteiger partial charge in [-0.2, -0.15) is 0 Å². The lowest BCUT2D eigenvalue weighted by molar-refractivity contribution is 0.0941. The van der Waals surface area contributed by atoms with Crippen LogP contribution >= 0.6 is 0 Å². The molecule has 0 spiro atoms. The predicted molar refractivity (Wildman–Crippen MR) is 117 cm³/mol. The lowest BCUT2D eigenvalue weighted by atomic mass is 10.1. The van der Waals surface area contributed by atoms with E-state index in [0.717, 1.165) is 38.2 Å². The first-order valence-electron chi connectivity index (χ1n) is 9.66. The fourth-order valence-electron chi connectivity index (χ4n) is 3.41. The summed E-state index contributed by atoms with van der Waals surface area (Å²) in [5.41, 5.74) is 7.63. The molecule has 5 nitrogen and oxygen atoms in total. The van der Waals surface area contributed by atoms with Crippen molar-refractivity contribution in [3.63, 3.8) is 0 Å². The minimum atomic E-state index is -0.179. The molecule has 0 atom stereocenters. The molecular weight excluding hydrogens is 350 g/mol. The Hall–Kier alpha value is -2.53. The Morgan fingerprint density at radius 1 is 1.14 bits per heavy atom. The highest BCUT2D eigenvalue weighted by Gasteiger charge is 2.21. The van der Waals surface area contributed by atoms with Crippen molar-refractivity contribution in [2.45, 2.75) is 40.2 Å². The fraction of sp³-hybridized carbons (Fsp3) is 0.435. The monoisotopic (exact) mass is 383 g/mol. The van der Waals surface area contributed by atoms with Gasteiger partial charge in [0.25, 0.3) is 5.91 Å². The predicted octanol–water partition coefficient (Wildman–Crippen LogP) is 4.66. The first-order chi connectivity index (χ1) is 13.0. The highest BCUT2D eigenvalue weighted by Crippen LogP contribution is 2.22. The largest absolute Gasteiger partial charge is 0.490 e. The number of rotatable bonds is 6. The molecule has 0 radical (unpaired) electrons. The molecule has 0 aromatic heterocycles. The zero-order valence-corrected chi connectivity index (χ0v) is 16.2. The molecule has 1 saturated heterocycles. The number of benzene rings is 2. The van der Waals surface area contributed by atoms with E-state index < -0.39 is 0 Å². The molecule has 0 aliphatic carbocycles. The van der Waals surface area contributed by atoms with Crippen molar-refractivity contribution in [3.05, 3.63) is 54.1 Å². The van der Waals surface area contributed by atoms with Crippen LogP contribution in [0.25, 0.3) is 0 Å². The van der Waals surface area contributed by atoms with Gasteiger partial charge >= 0.3 is 0 Å². The van der Waals surface area contributed by atoms with Gasteiger partial charge in [-0.15, -0.1) is 0 Å². The van der Waals surface area contributed by atoms with Crippen LogP contribution in [0.2, 0.25) is 0 Å². The summed E-state index contributed by atoms with van der Waals surface area (Å²) >= 11 is 0. The summed E-state index contributed by atoms with van der Waals surface area (Å²) in [7, 11) is 0. The summed E-state index contributed by atoms with van der Waals surface area (Å²) in [4.78, 5) is 14.9.